The van der Waals surface area contributed by atoms with E-state index in [1.54, 1.807) is 0 Å². The third-order valence-corrected chi connectivity index (χ3v) is 10.9. The second-order valence-corrected chi connectivity index (χ2v) is 12.0. The molecule has 0 aromatic rings. The van der Waals surface area contributed by atoms with Crippen LogP contribution in [0.3, 0.4) is 0 Å². The molecule has 0 aliphatic heterocycles. The third-order valence-electron chi connectivity index (χ3n) is 10.9. The molecule has 34 heavy (non-hydrogen) atoms. The molecular weight excluding hydrogens is 432 g/mol. The first-order chi connectivity index (χ1) is 16.1. The van der Waals surface area contributed by atoms with Gasteiger partial charge in [-0.3, -0.25) is 19.2 Å². The number of hydrogen-bond donors (Lipinski definition) is 0. The standard InChI is InChI=1S/C28H42O6/c1-6-18-22-15-17(29)11-13-28(22,3)21-12-14-27(2)16(8-10-20(27)23(21)24(18)30)7-9-19(25(31)33-4)26(32)34-5/h16,18-23H,6-15H2,1-5H3/t16?,18-,20?,21?,22-,23?,27+,28+/m0/s1. The first-order valence-corrected chi connectivity index (χ1v) is 13.3. The number of esters is 2. The average molecular weight is 475 g/mol. The molecule has 4 aliphatic carbocycles. The van der Waals surface area contributed by atoms with Gasteiger partial charge in [0.2, 0.25) is 0 Å². The molecule has 0 heterocycles. The van der Waals surface area contributed by atoms with Gasteiger partial charge in [-0.25, -0.2) is 0 Å². The Labute approximate surface area is 203 Å². The molecule has 0 aromatic carbocycles. The van der Waals surface area contributed by atoms with Crippen LogP contribution in [0.15, 0.2) is 0 Å². The zero-order chi connectivity index (χ0) is 24.8. The van der Waals surface area contributed by atoms with Crippen molar-refractivity contribution < 1.29 is 28.7 Å². The van der Waals surface area contributed by atoms with E-state index in [1.165, 1.54) is 14.2 Å². The lowest BCUT2D eigenvalue weighted by Crippen LogP contribution is -2.60. The summed E-state index contributed by atoms with van der Waals surface area (Å²) in [6.07, 6.45) is 8.35. The Hall–Kier alpha value is -1.72. The fraction of sp³-hybridized carbons (Fsp3) is 0.857. The molecule has 0 N–H and O–H groups in total. The van der Waals surface area contributed by atoms with E-state index in [0.717, 1.165) is 44.9 Å². The number of carbonyl (C=O) groups excluding carboxylic acids is 4. The van der Waals surface area contributed by atoms with E-state index in [2.05, 4.69) is 20.8 Å². The lowest BCUT2D eigenvalue weighted by Gasteiger charge is -2.61. The van der Waals surface area contributed by atoms with Gasteiger partial charge in [0, 0.05) is 24.7 Å². The Morgan fingerprint density at radius 2 is 1.59 bits per heavy atom. The van der Waals surface area contributed by atoms with Gasteiger partial charge < -0.3 is 9.47 Å². The maximum Gasteiger partial charge on any atom is 0.320 e. The second kappa shape index (κ2) is 9.39. The van der Waals surface area contributed by atoms with Crippen molar-refractivity contribution in [2.24, 2.45) is 52.3 Å². The minimum absolute atomic E-state index is 0.0000654. The molecule has 4 rings (SSSR count). The van der Waals surface area contributed by atoms with Crippen molar-refractivity contribution in [3.63, 3.8) is 0 Å². The van der Waals surface area contributed by atoms with Crippen LogP contribution >= 0.6 is 0 Å². The number of rotatable bonds is 6. The van der Waals surface area contributed by atoms with Gasteiger partial charge in [0.15, 0.2) is 5.92 Å². The van der Waals surface area contributed by atoms with E-state index in [9.17, 15) is 19.2 Å². The number of methoxy groups -OCH3 is 2. The normalized spacial score (nSPS) is 41.5. The Morgan fingerprint density at radius 1 is 0.941 bits per heavy atom. The van der Waals surface area contributed by atoms with Gasteiger partial charge in [-0.1, -0.05) is 20.8 Å². The number of hydrogen-bond acceptors (Lipinski definition) is 6. The Morgan fingerprint density at radius 3 is 2.21 bits per heavy atom. The molecular formula is C28H42O6. The van der Waals surface area contributed by atoms with Crippen molar-refractivity contribution in [3.05, 3.63) is 0 Å². The SMILES string of the molecule is CC[C@@H]1C(=O)C2C3CCC(CCC(C(=O)OC)C(=O)OC)[C@@]3(C)CCC2[C@@]2(C)CCC(=O)C[C@@H]12. The van der Waals surface area contributed by atoms with Crippen LogP contribution in [-0.4, -0.2) is 37.7 Å². The zero-order valence-electron chi connectivity index (χ0n) is 21.6. The summed E-state index contributed by atoms with van der Waals surface area (Å²) in [6, 6.07) is 0. The highest BCUT2D eigenvalue weighted by molar-refractivity contribution is 5.94. The first-order valence-electron chi connectivity index (χ1n) is 13.3. The molecule has 0 amide bonds. The summed E-state index contributed by atoms with van der Waals surface area (Å²) < 4.78 is 9.70. The molecule has 4 fully saturated rings. The van der Waals surface area contributed by atoms with Crippen LogP contribution in [0, 0.1) is 52.3 Å². The smallest absolute Gasteiger partial charge is 0.320 e. The van der Waals surface area contributed by atoms with Crippen LogP contribution in [0.2, 0.25) is 0 Å². The summed E-state index contributed by atoms with van der Waals surface area (Å²) in [4.78, 5) is 50.7. The van der Waals surface area contributed by atoms with Crippen LogP contribution in [0.4, 0.5) is 0 Å². The topological polar surface area (TPSA) is 86.7 Å². The molecule has 190 valence electrons. The summed E-state index contributed by atoms with van der Waals surface area (Å²) in [5, 5.41) is 0. The minimum Gasteiger partial charge on any atom is -0.468 e. The zero-order valence-corrected chi connectivity index (χ0v) is 21.6. The molecule has 0 radical (unpaired) electrons. The quantitative estimate of drug-likeness (QED) is 0.407. The number of carbonyl (C=O) groups is 4. The molecule has 0 spiro atoms. The Kier molecular flexibility index (Phi) is 7.00. The van der Waals surface area contributed by atoms with Gasteiger partial charge in [-0.2, -0.15) is 0 Å². The van der Waals surface area contributed by atoms with Crippen molar-refractivity contribution in [2.75, 3.05) is 14.2 Å². The average Bonchev–Trinajstić information content (AvgIpc) is 3.16. The number of ketones is 2. The van der Waals surface area contributed by atoms with Crippen molar-refractivity contribution in [3.8, 4) is 0 Å². The molecule has 4 aliphatic rings. The van der Waals surface area contributed by atoms with E-state index >= 15 is 0 Å². The molecule has 0 aromatic heterocycles. The van der Waals surface area contributed by atoms with Crippen LogP contribution in [-0.2, 0) is 28.7 Å². The largest absolute Gasteiger partial charge is 0.468 e. The molecule has 0 bridgehead atoms. The van der Waals surface area contributed by atoms with Crippen LogP contribution < -0.4 is 0 Å². The Balaban J connectivity index is 1.56. The van der Waals surface area contributed by atoms with Gasteiger partial charge in [-0.15, -0.1) is 0 Å². The third kappa shape index (κ3) is 3.83. The molecule has 4 unspecified atom stereocenters. The summed E-state index contributed by atoms with van der Waals surface area (Å²) in [7, 11) is 2.61. The highest BCUT2D eigenvalue weighted by atomic mass is 16.5. The maximum atomic E-state index is 14.0. The number of Topliss-reactive ketones (excluding diaryl/α,β-unsaturated/α-hetero) is 2. The highest BCUT2D eigenvalue weighted by Gasteiger charge is 2.64. The van der Waals surface area contributed by atoms with Gasteiger partial charge in [-0.05, 0) is 85.9 Å². The summed E-state index contributed by atoms with van der Waals surface area (Å²) in [5.74, 6) is 0.191. The predicted molar refractivity (Wildman–Crippen MR) is 127 cm³/mol. The minimum atomic E-state index is -0.880. The molecule has 6 heteroatoms. The van der Waals surface area contributed by atoms with Gasteiger partial charge in [0.1, 0.15) is 11.6 Å². The van der Waals surface area contributed by atoms with Gasteiger partial charge >= 0.3 is 11.9 Å². The fourth-order valence-electron chi connectivity index (χ4n) is 9.01. The molecule has 0 saturated heterocycles. The Bertz CT molecular complexity index is 834. The number of ether oxygens (including phenoxy) is 2. The van der Waals surface area contributed by atoms with Crippen molar-refractivity contribution >= 4 is 23.5 Å². The molecule has 8 atom stereocenters. The summed E-state index contributed by atoms with van der Waals surface area (Å²) in [6.45, 7) is 6.84. The van der Waals surface area contributed by atoms with Gasteiger partial charge in [0.25, 0.3) is 0 Å². The predicted octanol–water partition coefficient (Wildman–Crippen LogP) is 4.77. The van der Waals surface area contributed by atoms with Crippen LogP contribution in [0.5, 0.6) is 0 Å². The van der Waals surface area contributed by atoms with E-state index in [0.29, 0.717) is 48.6 Å². The fourth-order valence-corrected chi connectivity index (χ4v) is 9.01. The first kappa shape index (κ1) is 25.4. The molecule has 4 saturated carbocycles. The number of fused-ring (bicyclic) bond motifs is 5. The highest BCUT2D eigenvalue weighted by Crippen LogP contribution is 2.68. The summed E-state index contributed by atoms with van der Waals surface area (Å²) >= 11 is 0. The monoisotopic (exact) mass is 474 g/mol. The van der Waals surface area contributed by atoms with Crippen molar-refractivity contribution in [1.82, 2.24) is 0 Å². The van der Waals surface area contributed by atoms with E-state index in [4.69, 9.17) is 9.47 Å². The second-order valence-electron chi connectivity index (χ2n) is 12.0. The van der Waals surface area contributed by atoms with E-state index in [1.807, 2.05) is 0 Å². The lowest BCUT2D eigenvalue weighted by molar-refractivity contribution is -0.169. The lowest BCUT2D eigenvalue weighted by atomic mass is 9.42. The van der Waals surface area contributed by atoms with Crippen LogP contribution in [0.1, 0.15) is 85.0 Å². The van der Waals surface area contributed by atoms with Crippen molar-refractivity contribution in [2.45, 2.75) is 85.0 Å². The van der Waals surface area contributed by atoms with E-state index < -0.39 is 17.9 Å². The summed E-state index contributed by atoms with van der Waals surface area (Å²) in [5.41, 5.74) is 0.118. The van der Waals surface area contributed by atoms with Crippen molar-refractivity contribution in [1.29, 1.82) is 0 Å². The maximum absolute atomic E-state index is 14.0. The van der Waals surface area contributed by atoms with Crippen LogP contribution in [0.25, 0.3) is 0 Å². The molecule has 6 nitrogen and oxygen atoms in total. The van der Waals surface area contributed by atoms with Gasteiger partial charge in [0.05, 0.1) is 14.2 Å². The van der Waals surface area contributed by atoms with E-state index in [-0.39, 0.29) is 28.6 Å².